The van der Waals surface area contributed by atoms with Gasteiger partial charge in [-0.05, 0) is 12.1 Å². The number of benzene rings is 1. The van der Waals surface area contributed by atoms with Crippen LogP contribution in [0.25, 0.3) is 5.69 Å². The number of nitrogens with zero attached hydrogens (tertiary/aromatic N) is 2. The smallest absolute Gasteiger partial charge is 0.263 e. The molecule has 0 saturated carbocycles. The highest BCUT2D eigenvalue weighted by Crippen LogP contribution is 2.34. The number of alkyl halides is 2. The van der Waals surface area contributed by atoms with Crippen molar-refractivity contribution < 1.29 is 13.6 Å². The number of anilines is 1. The summed E-state index contributed by atoms with van der Waals surface area (Å²) in [7, 11) is 0. The van der Waals surface area contributed by atoms with Gasteiger partial charge in [0.25, 0.3) is 6.43 Å². The summed E-state index contributed by atoms with van der Waals surface area (Å²) >= 11 is 12.0. The molecule has 0 unspecified atom stereocenters. The quantitative estimate of drug-likeness (QED) is 0.926. The van der Waals surface area contributed by atoms with Crippen LogP contribution < -0.4 is 5.32 Å². The van der Waals surface area contributed by atoms with Gasteiger partial charge in [0.2, 0.25) is 5.91 Å². The minimum Gasteiger partial charge on any atom is -0.311 e. The lowest BCUT2D eigenvalue weighted by Crippen LogP contribution is -2.11. The van der Waals surface area contributed by atoms with E-state index in [1.165, 1.54) is 23.9 Å². The van der Waals surface area contributed by atoms with Crippen LogP contribution in [0.3, 0.4) is 0 Å². The van der Waals surface area contributed by atoms with Crippen LogP contribution in [-0.4, -0.2) is 15.7 Å². The van der Waals surface area contributed by atoms with Crippen molar-refractivity contribution in [1.82, 2.24) is 9.78 Å². The Hall–Kier alpha value is -1.66. The number of aromatic nitrogens is 2. The molecule has 106 valence electrons. The maximum atomic E-state index is 12.7. The fraction of sp³-hybridized carbons (Fsp3) is 0.167. The summed E-state index contributed by atoms with van der Waals surface area (Å²) in [5, 5.41) is 6.55. The van der Waals surface area contributed by atoms with Gasteiger partial charge in [0.05, 0.1) is 16.2 Å². The van der Waals surface area contributed by atoms with E-state index in [0.717, 1.165) is 12.1 Å². The van der Waals surface area contributed by atoms with Crippen molar-refractivity contribution in [3.8, 4) is 5.69 Å². The zero-order valence-electron chi connectivity index (χ0n) is 10.2. The first-order chi connectivity index (χ1) is 9.40. The lowest BCUT2D eigenvalue weighted by Gasteiger charge is -2.12. The Bertz CT molecular complexity index is 635. The Labute approximate surface area is 123 Å². The monoisotopic (exact) mass is 319 g/mol. The molecule has 0 fully saturated rings. The van der Waals surface area contributed by atoms with E-state index < -0.39 is 6.43 Å². The van der Waals surface area contributed by atoms with E-state index >= 15 is 0 Å². The van der Waals surface area contributed by atoms with Gasteiger partial charge in [-0.15, -0.1) is 0 Å². The molecule has 0 radical (unpaired) electrons. The third kappa shape index (κ3) is 2.91. The predicted molar refractivity (Wildman–Crippen MR) is 72.8 cm³/mol. The molecule has 0 saturated heterocycles. The number of hydrogen-bond donors (Lipinski definition) is 1. The maximum Gasteiger partial charge on any atom is 0.263 e. The van der Waals surface area contributed by atoms with Crippen LogP contribution in [0.2, 0.25) is 10.0 Å². The second-order valence-electron chi connectivity index (χ2n) is 3.94. The first kappa shape index (κ1) is 14.7. The lowest BCUT2D eigenvalue weighted by molar-refractivity contribution is -0.114. The van der Waals surface area contributed by atoms with Gasteiger partial charge < -0.3 is 5.32 Å². The molecular weight excluding hydrogens is 311 g/mol. The number of amides is 1. The predicted octanol–water partition coefficient (Wildman–Crippen LogP) is 4.08. The van der Waals surface area contributed by atoms with Gasteiger partial charge >= 0.3 is 0 Å². The Kier molecular flexibility index (Phi) is 4.25. The van der Waals surface area contributed by atoms with Crippen LogP contribution in [0, 0.1) is 0 Å². The Balaban J connectivity index is 2.53. The van der Waals surface area contributed by atoms with Crippen molar-refractivity contribution in [2.24, 2.45) is 0 Å². The number of rotatable bonds is 3. The second kappa shape index (κ2) is 5.76. The highest BCUT2D eigenvalue weighted by atomic mass is 35.5. The maximum absolute atomic E-state index is 12.7. The van der Waals surface area contributed by atoms with Gasteiger partial charge in [0.1, 0.15) is 11.5 Å². The molecule has 0 atom stereocenters. The molecule has 1 heterocycles. The van der Waals surface area contributed by atoms with Crippen LogP contribution >= 0.6 is 23.2 Å². The summed E-state index contributed by atoms with van der Waals surface area (Å²) < 4.78 is 26.6. The molecule has 1 aromatic heterocycles. The van der Waals surface area contributed by atoms with E-state index in [2.05, 4.69) is 10.4 Å². The first-order valence-corrected chi connectivity index (χ1v) is 6.25. The molecular formula is C12H9Cl2F2N3O. The molecule has 2 rings (SSSR count). The molecule has 8 heteroatoms. The molecule has 0 aliphatic rings. The summed E-state index contributed by atoms with van der Waals surface area (Å²) in [6.07, 6.45) is -1.25. The van der Waals surface area contributed by atoms with Crippen LogP contribution in [0.5, 0.6) is 0 Å². The normalized spacial score (nSPS) is 10.9. The van der Waals surface area contributed by atoms with Gasteiger partial charge in [-0.25, -0.2) is 13.5 Å². The fourth-order valence-electron chi connectivity index (χ4n) is 1.67. The van der Waals surface area contributed by atoms with Gasteiger partial charge in [0, 0.05) is 18.6 Å². The molecule has 0 spiro atoms. The number of carbonyl (C=O) groups is 1. The molecule has 0 aliphatic carbocycles. The number of carbonyl (C=O) groups excluding carboxylic acids is 1. The summed E-state index contributed by atoms with van der Waals surface area (Å²) in [4.78, 5) is 11.1. The highest BCUT2D eigenvalue weighted by molar-refractivity contribution is 6.38. The molecule has 0 bridgehead atoms. The van der Waals surface area contributed by atoms with Crippen molar-refractivity contribution in [2.45, 2.75) is 13.3 Å². The molecule has 20 heavy (non-hydrogen) atoms. The topological polar surface area (TPSA) is 46.9 Å². The van der Waals surface area contributed by atoms with Crippen molar-refractivity contribution in [3.63, 3.8) is 0 Å². The van der Waals surface area contributed by atoms with E-state index in [1.807, 2.05) is 0 Å². The highest BCUT2D eigenvalue weighted by Gasteiger charge is 2.17. The van der Waals surface area contributed by atoms with E-state index in [-0.39, 0.29) is 27.2 Å². The van der Waals surface area contributed by atoms with Gasteiger partial charge in [-0.2, -0.15) is 5.10 Å². The minimum absolute atomic E-state index is 0.0168. The molecule has 1 aromatic carbocycles. The molecule has 0 aliphatic heterocycles. The van der Waals surface area contributed by atoms with Crippen molar-refractivity contribution in [3.05, 3.63) is 40.0 Å². The zero-order chi connectivity index (χ0) is 14.9. The Morgan fingerprint density at radius 3 is 2.45 bits per heavy atom. The van der Waals surface area contributed by atoms with Crippen molar-refractivity contribution >= 4 is 34.9 Å². The number of halogens is 4. The lowest BCUT2D eigenvalue weighted by atomic mass is 10.2. The molecule has 4 nitrogen and oxygen atoms in total. The Morgan fingerprint density at radius 2 is 1.95 bits per heavy atom. The number of hydrogen-bond acceptors (Lipinski definition) is 2. The van der Waals surface area contributed by atoms with E-state index in [0.29, 0.717) is 5.82 Å². The standard InChI is InChI=1S/C12H9Cl2F2N3O/c1-6(20)18-10-2-3-17-19(10)11-8(13)4-7(12(15)16)5-9(11)14/h2-5,12H,1H3,(H,18,20). The Morgan fingerprint density at radius 1 is 1.35 bits per heavy atom. The average Bonchev–Trinajstić information content (AvgIpc) is 2.75. The van der Waals surface area contributed by atoms with Gasteiger partial charge in [-0.3, -0.25) is 4.79 Å². The fourth-order valence-corrected chi connectivity index (χ4v) is 2.33. The van der Waals surface area contributed by atoms with Gasteiger partial charge in [0.15, 0.2) is 0 Å². The summed E-state index contributed by atoms with van der Waals surface area (Å²) in [6, 6.07) is 3.77. The molecule has 1 N–H and O–H groups in total. The van der Waals surface area contributed by atoms with Crippen molar-refractivity contribution in [2.75, 3.05) is 5.32 Å². The SMILES string of the molecule is CC(=O)Nc1ccnn1-c1c(Cl)cc(C(F)F)cc1Cl. The van der Waals surface area contributed by atoms with E-state index in [1.54, 1.807) is 0 Å². The number of nitrogens with one attached hydrogen (secondary N) is 1. The first-order valence-electron chi connectivity index (χ1n) is 5.49. The van der Waals surface area contributed by atoms with E-state index in [9.17, 15) is 13.6 Å². The summed E-state index contributed by atoms with van der Waals surface area (Å²) in [6.45, 7) is 1.33. The van der Waals surface area contributed by atoms with Crippen LogP contribution in [-0.2, 0) is 4.79 Å². The minimum atomic E-state index is -2.67. The molecule has 2 aromatic rings. The summed E-state index contributed by atoms with van der Waals surface area (Å²) in [5.41, 5.74) is -0.0523. The zero-order valence-corrected chi connectivity index (χ0v) is 11.7. The van der Waals surface area contributed by atoms with Crippen LogP contribution in [0.15, 0.2) is 24.4 Å². The van der Waals surface area contributed by atoms with Crippen LogP contribution in [0.1, 0.15) is 18.9 Å². The average molecular weight is 320 g/mol. The largest absolute Gasteiger partial charge is 0.311 e. The van der Waals surface area contributed by atoms with E-state index in [4.69, 9.17) is 23.2 Å². The third-order valence-electron chi connectivity index (χ3n) is 2.45. The summed E-state index contributed by atoms with van der Waals surface area (Å²) in [5.74, 6) is 0.0364. The van der Waals surface area contributed by atoms with Gasteiger partial charge in [-0.1, -0.05) is 23.2 Å². The van der Waals surface area contributed by atoms with Crippen LogP contribution in [0.4, 0.5) is 14.6 Å². The third-order valence-corrected chi connectivity index (χ3v) is 3.03. The molecule has 1 amide bonds. The van der Waals surface area contributed by atoms with Crippen molar-refractivity contribution in [1.29, 1.82) is 0 Å². The second-order valence-corrected chi connectivity index (χ2v) is 4.76.